The first-order valence-electron chi connectivity index (χ1n) is 7.20. The van der Waals surface area contributed by atoms with E-state index < -0.39 is 0 Å². The third-order valence-electron chi connectivity index (χ3n) is 4.07. The summed E-state index contributed by atoms with van der Waals surface area (Å²) >= 11 is 0. The molecule has 1 aliphatic heterocycles. The molecule has 3 rings (SSSR count). The van der Waals surface area contributed by atoms with Crippen molar-refractivity contribution in [2.24, 2.45) is 11.7 Å². The van der Waals surface area contributed by atoms with Crippen LogP contribution in [0.3, 0.4) is 0 Å². The van der Waals surface area contributed by atoms with Gasteiger partial charge in [-0.05, 0) is 25.8 Å². The van der Waals surface area contributed by atoms with E-state index in [9.17, 15) is 0 Å². The third-order valence-corrected chi connectivity index (χ3v) is 4.07. The van der Waals surface area contributed by atoms with Crippen LogP contribution in [0.1, 0.15) is 19.2 Å². The second-order valence-corrected chi connectivity index (χ2v) is 5.60. The van der Waals surface area contributed by atoms with Gasteiger partial charge in [0.25, 0.3) is 0 Å². The molecule has 2 aromatic rings. The number of benzene rings is 1. The van der Waals surface area contributed by atoms with Gasteiger partial charge in [0.1, 0.15) is 0 Å². The molecule has 0 spiro atoms. The molecule has 122 valence electrons. The zero-order valence-corrected chi connectivity index (χ0v) is 14.3. The van der Waals surface area contributed by atoms with Crippen molar-refractivity contribution in [2.45, 2.75) is 25.9 Å². The van der Waals surface area contributed by atoms with Gasteiger partial charge in [-0.15, -0.1) is 24.8 Å². The number of nitrogens with two attached hydrogens (primary N) is 1. The largest absolute Gasteiger partial charge is 0.439 e. The lowest BCUT2D eigenvalue weighted by Gasteiger charge is -2.18. The lowest BCUT2D eigenvalue weighted by molar-refractivity contribution is 0.231. The quantitative estimate of drug-likeness (QED) is 0.924. The number of likely N-dealkylation sites (tertiary alicyclic amines) is 1. The molecule has 0 radical (unpaired) electrons. The van der Waals surface area contributed by atoms with Gasteiger partial charge in [0.2, 0.25) is 5.89 Å². The Morgan fingerprint density at radius 1 is 1.27 bits per heavy atom. The van der Waals surface area contributed by atoms with Gasteiger partial charge in [-0.25, -0.2) is 4.98 Å². The standard InChI is InChI=1S/C16H21N3O.2ClH/c1-12-7-13(8-17)10-19(12)11-16-18-9-15(20-16)14-5-3-2-4-6-14;;/h2-6,9,12-13H,7-8,10-11,17H2,1H3;2*1H. The van der Waals surface area contributed by atoms with E-state index in [-0.39, 0.29) is 24.8 Å². The molecule has 1 saturated heterocycles. The number of oxazole rings is 1. The Balaban J connectivity index is 0.00000121. The topological polar surface area (TPSA) is 55.3 Å². The van der Waals surface area contributed by atoms with Gasteiger partial charge >= 0.3 is 0 Å². The summed E-state index contributed by atoms with van der Waals surface area (Å²) in [6.45, 7) is 4.82. The Labute approximate surface area is 143 Å². The summed E-state index contributed by atoms with van der Waals surface area (Å²) in [6.07, 6.45) is 2.98. The molecule has 1 fully saturated rings. The maximum Gasteiger partial charge on any atom is 0.209 e. The van der Waals surface area contributed by atoms with Crippen LogP contribution in [0.4, 0.5) is 0 Å². The van der Waals surface area contributed by atoms with Crippen LogP contribution in [-0.4, -0.2) is 29.0 Å². The van der Waals surface area contributed by atoms with Crippen molar-refractivity contribution in [1.82, 2.24) is 9.88 Å². The average Bonchev–Trinajstić information content (AvgIpc) is 3.08. The number of halogens is 2. The molecule has 0 bridgehead atoms. The molecule has 4 nitrogen and oxygen atoms in total. The van der Waals surface area contributed by atoms with Crippen molar-refractivity contribution in [2.75, 3.05) is 13.1 Å². The van der Waals surface area contributed by atoms with Crippen molar-refractivity contribution in [3.63, 3.8) is 0 Å². The van der Waals surface area contributed by atoms with Gasteiger partial charge < -0.3 is 10.2 Å². The molecule has 22 heavy (non-hydrogen) atoms. The van der Waals surface area contributed by atoms with Crippen LogP contribution < -0.4 is 5.73 Å². The normalized spacial score (nSPS) is 21.2. The van der Waals surface area contributed by atoms with Crippen LogP contribution in [0.15, 0.2) is 40.9 Å². The molecule has 6 heteroatoms. The van der Waals surface area contributed by atoms with E-state index in [4.69, 9.17) is 10.2 Å². The predicted octanol–water partition coefficient (Wildman–Crippen LogP) is 3.35. The van der Waals surface area contributed by atoms with Crippen LogP contribution in [0, 0.1) is 5.92 Å². The summed E-state index contributed by atoms with van der Waals surface area (Å²) in [4.78, 5) is 6.80. The molecule has 1 aromatic heterocycles. The van der Waals surface area contributed by atoms with E-state index in [1.165, 1.54) is 6.42 Å². The molecular weight excluding hydrogens is 321 g/mol. The summed E-state index contributed by atoms with van der Waals surface area (Å²) in [7, 11) is 0. The minimum absolute atomic E-state index is 0. The van der Waals surface area contributed by atoms with Crippen molar-refractivity contribution < 1.29 is 4.42 Å². The molecule has 0 aliphatic carbocycles. The SMILES string of the molecule is CC1CC(CN)CN1Cc1ncc(-c2ccccc2)o1.Cl.Cl. The van der Waals surface area contributed by atoms with Gasteiger partial charge in [0.15, 0.2) is 5.76 Å². The molecule has 2 atom stereocenters. The third kappa shape index (κ3) is 4.23. The van der Waals surface area contributed by atoms with E-state index in [2.05, 4.69) is 16.8 Å². The van der Waals surface area contributed by atoms with Crippen LogP contribution in [0.2, 0.25) is 0 Å². The van der Waals surface area contributed by atoms with Crippen LogP contribution in [0.5, 0.6) is 0 Å². The highest BCUT2D eigenvalue weighted by Gasteiger charge is 2.28. The van der Waals surface area contributed by atoms with E-state index in [1.54, 1.807) is 0 Å². The fraction of sp³-hybridized carbons (Fsp3) is 0.438. The van der Waals surface area contributed by atoms with Crippen molar-refractivity contribution >= 4 is 24.8 Å². The van der Waals surface area contributed by atoms with Crippen LogP contribution in [0.25, 0.3) is 11.3 Å². The Hall–Kier alpha value is -1.07. The Bertz CT molecular complexity index is 562. The van der Waals surface area contributed by atoms with Gasteiger partial charge in [-0.2, -0.15) is 0 Å². The highest BCUT2D eigenvalue weighted by molar-refractivity contribution is 5.85. The smallest absolute Gasteiger partial charge is 0.209 e. The molecule has 2 heterocycles. The van der Waals surface area contributed by atoms with Crippen molar-refractivity contribution in [3.8, 4) is 11.3 Å². The second-order valence-electron chi connectivity index (χ2n) is 5.60. The molecule has 2 N–H and O–H groups in total. The Morgan fingerprint density at radius 2 is 2.00 bits per heavy atom. The van der Waals surface area contributed by atoms with E-state index in [0.29, 0.717) is 12.0 Å². The monoisotopic (exact) mass is 343 g/mol. The lowest BCUT2D eigenvalue weighted by Crippen LogP contribution is -2.27. The van der Waals surface area contributed by atoms with Gasteiger partial charge in [-0.3, -0.25) is 4.90 Å². The summed E-state index contributed by atoms with van der Waals surface area (Å²) in [5.41, 5.74) is 6.84. The van der Waals surface area contributed by atoms with Gasteiger partial charge in [0.05, 0.1) is 12.7 Å². The fourth-order valence-corrected chi connectivity index (χ4v) is 2.90. The van der Waals surface area contributed by atoms with Crippen LogP contribution in [-0.2, 0) is 6.54 Å². The summed E-state index contributed by atoms with van der Waals surface area (Å²) in [5.74, 6) is 2.23. The molecule has 0 saturated carbocycles. The Morgan fingerprint density at radius 3 is 2.64 bits per heavy atom. The number of rotatable bonds is 4. The molecule has 1 aliphatic rings. The first-order chi connectivity index (χ1) is 9.76. The number of nitrogens with zero attached hydrogens (tertiary/aromatic N) is 2. The minimum Gasteiger partial charge on any atom is -0.439 e. The minimum atomic E-state index is 0. The van der Waals surface area contributed by atoms with E-state index in [0.717, 1.165) is 36.8 Å². The zero-order chi connectivity index (χ0) is 13.9. The maximum absolute atomic E-state index is 5.86. The van der Waals surface area contributed by atoms with Crippen LogP contribution >= 0.6 is 24.8 Å². The van der Waals surface area contributed by atoms with E-state index >= 15 is 0 Å². The average molecular weight is 344 g/mol. The lowest BCUT2D eigenvalue weighted by atomic mass is 10.1. The fourth-order valence-electron chi connectivity index (χ4n) is 2.90. The Kier molecular flexibility index (Phi) is 7.36. The molecular formula is C16H23Cl2N3O. The van der Waals surface area contributed by atoms with Gasteiger partial charge in [-0.1, -0.05) is 30.3 Å². The predicted molar refractivity (Wildman–Crippen MR) is 93.5 cm³/mol. The number of hydrogen-bond acceptors (Lipinski definition) is 4. The highest BCUT2D eigenvalue weighted by Crippen LogP contribution is 2.25. The highest BCUT2D eigenvalue weighted by atomic mass is 35.5. The molecule has 1 aromatic carbocycles. The number of hydrogen-bond donors (Lipinski definition) is 1. The first kappa shape index (κ1) is 19.0. The number of aromatic nitrogens is 1. The van der Waals surface area contributed by atoms with Crippen molar-refractivity contribution in [3.05, 3.63) is 42.4 Å². The van der Waals surface area contributed by atoms with Crippen molar-refractivity contribution in [1.29, 1.82) is 0 Å². The maximum atomic E-state index is 5.86. The second kappa shape index (κ2) is 8.53. The van der Waals surface area contributed by atoms with E-state index in [1.807, 2.05) is 36.5 Å². The molecule has 0 amide bonds. The first-order valence-corrected chi connectivity index (χ1v) is 7.20. The summed E-state index contributed by atoms with van der Waals surface area (Å²) in [5, 5.41) is 0. The zero-order valence-electron chi connectivity index (χ0n) is 12.6. The van der Waals surface area contributed by atoms with Gasteiger partial charge in [0, 0.05) is 18.2 Å². The summed E-state index contributed by atoms with van der Waals surface area (Å²) < 4.78 is 5.86. The molecule has 2 unspecified atom stereocenters. The summed E-state index contributed by atoms with van der Waals surface area (Å²) in [6, 6.07) is 10.6.